The Bertz CT molecular complexity index is 444. The Morgan fingerprint density at radius 3 is 2.59 bits per heavy atom. The van der Waals surface area contributed by atoms with Crippen LogP contribution in [0, 0.1) is 5.92 Å². The lowest BCUT2D eigenvalue weighted by Crippen LogP contribution is -2.48. The zero-order valence-electron chi connectivity index (χ0n) is 13.5. The number of piperazine rings is 1. The summed E-state index contributed by atoms with van der Waals surface area (Å²) in [6.45, 7) is 4.50. The summed E-state index contributed by atoms with van der Waals surface area (Å²) in [6.07, 6.45) is 10.4. The van der Waals surface area contributed by atoms with Crippen molar-refractivity contribution in [3.05, 3.63) is 24.2 Å². The first kappa shape index (κ1) is 15.6. The average molecular weight is 304 g/mol. The smallest absolute Gasteiger partial charge is 0.222 e. The molecule has 1 saturated heterocycles. The molecule has 2 aliphatic rings. The number of hydrogen-bond donors (Lipinski definition) is 0. The Labute approximate surface area is 133 Å². The third-order valence-electron chi connectivity index (χ3n) is 5.18. The van der Waals surface area contributed by atoms with Crippen LogP contribution in [0.5, 0.6) is 0 Å². The van der Waals surface area contributed by atoms with Crippen molar-refractivity contribution in [1.29, 1.82) is 0 Å². The molecule has 1 aliphatic heterocycles. The van der Waals surface area contributed by atoms with E-state index in [9.17, 15) is 4.79 Å². The van der Waals surface area contributed by atoms with Gasteiger partial charge in [-0.05, 0) is 24.5 Å². The minimum Gasteiger partial charge on any atom is -0.468 e. The van der Waals surface area contributed by atoms with Crippen molar-refractivity contribution >= 4 is 5.91 Å². The fraction of sp³-hybridized carbons (Fsp3) is 0.722. The van der Waals surface area contributed by atoms with E-state index in [0.717, 1.165) is 57.2 Å². The molecule has 1 aromatic rings. The van der Waals surface area contributed by atoms with Gasteiger partial charge in [0.1, 0.15) is 5.76 Å². The van der Waals surface area contributed by atoms with Gasteiger partial charge in [0.25, 0.3) is 0 Å². The zero-order chi connectivity index (χ0) is 15.2. The highest BCUT2D eigenvalue weighted by molar-refractivity contribution is 5.76. The maximum Gasteiger partial charge on any atom is 0.222 e. The molecule has 1 saturated carbocycles. The van der Waals surface area contributed by atoms with Crippen molar-refractivity contribution in [2.45, 2.75) is 51.5 Å². The molecule has 0 N–H and O–H groups in total. The molecule has 2 heterocycles. The van der Waals surface area contributed by atoms with Gasteiger partial charge in [-0.25, -0.2) is 0 Å². The Hall–Kier alpha value is -1.29. The second kappa shape index (κ2) is 7.82. The molecule has 0 radical (unpaired) electrons. The first-order chi connectivity index (χ1) is 10.8. The minimum absolute atomic E-state index is 0.364. The van der Waals surface area contributed by atoms with Crippen molar-refractivity contribution in [2.75, 3.05) is 26.2 Å². The number of amides is 1. The highest BCUT2D eigenvalue weighted by Crippen LogP contribution is 2.27. The fourth-order valence-electron chi connectivity index (χ4n) is 3.74. The van der Waals surface area contributed by atoms with Crippen LogP contribution in [0.2, 0.25) is 0 Å². The van der Waals surface area contributed by atoms with Crippen LogP contribution in [-0.4, -0.2) is 41.9 Å². The molecule has 22 heavy (non-hydrogen) atoms. The summed E-state index contributed by atoms with van der Waals surface area (Å²) >= 11 is 0. The third kappa shape index (κ3) is 4.35. The van der Waals surface area contributed by atoms with E-state index in [1.807, 2.05) is 12.1 Å². The van der Waals surface area contributed by atoms with Gasteiger partial charge in [-0.2, -0.15) is 0 Å². The van der Waals surface area contributed by atoms with Crippen molar-refractivity contribution < 1.29 is 9.21 Å². The summed E-state index contributed by atoms with van der Waals surface area (Å²) in [5.41, 5.74) is 0. The fourth-order valence-corrected chi connectivity index (χ4v) is 3.74. The molecule has 0 atom stereocenters. The Balaban J connectivity index is 1.36. The summed E-state index contributed by atoms with van der Waals surface area (Å²) in [4.78, 5) is 16.8. The average Bonchev–Trinajstić information content (AvgIpc) is 3.07. The van der Waals surface area contributed by atoms with E-state index in [1.165, 1.54) is 32.1 Å². The van der Waals surface area contributed by atoms with Gasteiger partial charge < -0.3 is 9.32 Å². The lowest BCUT2D eigenvalue weighted by atomic mass is 9.86. The van der Waals surface area contributed by atoms with Crippen LogP contribution in [0.3, 0.4) is 0 Å². The van der Waals surface area contributed by atoms with Gasteiger partial charge in [0.15, 0.2) is 0 Å². The van der Waals surface area contributed by atoms with E-state index in [-0.39, 0.29) is 0 Å². The van der Waals surface area contributed by atoms with Crippen LogP contribution in [0.1, 0.15) is 50.7 Å². The first-order valence-corrected chi connectivity index (χ1v) is 8.84. The zero-order valence-corrected chi connectivity index (χ0v) is 13.5. The second-order valence-corrected chi connectivity index (χ2v) is 6.78. The summed E-state index contributed by atoms with van der Waals surface area (Å²) < 4.78 is 5.39. The van der Waals surface area contributed by atoms with Crippen LogP contribution < -0.4 is 0 Å². The molecule has 4 heteroatoms. The van der Waals surface area contributed by atoms with Gasteiger partial charge in [-0.1, -0.05) is 32.1 Å². The molecule has 0 aromatic carbocycles. The number of carbonyl (C=O) groups excluding carboxylic acids is 1. The molecule has 1 aliphatic carbocycles. The quantitative estimate of drug-likeness (QED) is 0.837. The monoisotopic (exact) mass is 304 g/mol. The summed E-state index contributed by atoms with van der Waals surface area (Å²) in [6, 6.07) is 3.95. The molecule has 4 nitrogen and oxygen atoms in total. The lowest BCUT2D eigenvalue weighted by molar-refractivity contribution is -0.133. The molecular weight excluding hydrogens is 276 g/mol. The molecule has 2 fully saturated rings. The molecule has 0 spiro atoms. The lowest BCUT2D eigenvalue weighted by Gasteiger charge is -2.34. The molecule has 1 amide bonds. The van der Waals surface area contributed by atoms with Gasteiger partial charge in [0.2, 0.25) is 5.91 Å². The number of carbonyl (C=O) groups is 1. The molecule has 1 aromatic heterocycles. The Morgan fingerprint density at radius 2 is 1.91 bits per heavy atom. The highest BCUT2D eigenvalue weighted by Gasteiger charge is 2.22. The van der Waals surface area contributed by atoms with Crippen molar-refractivity contribution in [2.24, 2.45) is 5.92 Å². The van der Waals surface area contributed by atoms with Crippen molar-refractivity contribution in [3.63, 3.8) is 0 Å². The van der Waals surface area contributed by atoms with Crippen molar-refractivity contribution in [1.82, 2.24) is 9.80 Å². The van der Waals surface area contributed by atoms with Gasteiger partial charge >= 0.3 is 0 Å². The van der Waals surface area contributed by atoms with Crippen LogP contribution in [0.15, 0.2) is 22.8 Å². The van der Waals surface area contributed by atoms with Crippen LogP contribution in [0.4, 0.5) is 0 Å². The summed E-state index contributed by atoms with van der Waals surface area (Å²) in [7, 11) is 0. The molecule has 0 unspecified atom stereocenters. The van der Waals surface area contributed by atoms with Gasteiger partial charge in [-0.15, -0.1) is 0 Å². The van der Waals surface area contributed by atoms with E-state index in [2.05, 4.69) is 9.80 Å². The number of nitrogens with zero attached hydrogens (tertiary/aromatic N) is 2. The molecule has 0 bridgehead atoms. The number of rotatable bonds is 5. The minimum atomic E-state index is 0.364. The van der Waals surface area contributed by atoms with Crippen LogP contribution in [0.25, 0.3) is 0 Å². The summed E-state index contributed by atoms with van der Waals surface area (Å²) in [5, 5.41) is 0. The molecular formula is C18H28N2O2. The first-order valence-electron chi connectivity index (χ1n) is 8.84. The topological polar surface area (TPSA) is 36.7 Å². The summed E-state index contributed by atoms with van der Waals surface area (Å²) in [5.74, 6) is 2.18. The SMILES string of the molecule is O=C(CCC1CCCCC1)N1CCN(Cc2ccco2)CC1. The standard InChI is InChI=1S/C18H28N2O2/c21-18(9-8-16-5-2-1-3-6-16)20-12-10-19(11-13-20)15-17-7-4-14-22-17/h4,7,14,16H,1-3,5-6,8-13,15H2. The van der Waals surface area contributed by atoms with E-state index in [1.54, 1.807) is 6.26 Å². The van der Waals surface area contributed by atoms with E-state index < -0.39 is 0 Å². The third-order valence-corrected chi connectivity index (χ3v) is 5.18. The predicted molar refractivity (Wildman–Crippen MR) is 86.4 cm³/mol. The normalized spacial score (nSPS) is 21.2. The molecule has 3 rings (SSSR count). The largest absolute Gasteiger partial charge is 0.468 e. The second-order valence-electron chi connectivity index (χ2n) is 6.78. The van der Waals surface area contributed by atoms with E-state index in [0.29, 0.717) is 5.91 Å². The number of furan rings is 1. The highest BCUT2D eigenvalue weighted by atomic mass is 16.3. The van der Waals surface area contributed by atoms with Gasteiger partial charge in [0.05, 0.1) is 12.8 Å². The Kier molecular flexibility index (Phi) is 5.54. The Morgan fingerprint density at radius 1 is 1.14 bits per heavy atom. The van der Waals surface area contributed by atoms with Gasteiger partial charge in [-0.3, -0.25) is 9.69 Å². The molecule has 122 valence electrons. The van der Waals surface area contributed by atoms with Crippen LogP contribution >= 0.6 is 0 Å². The van der Waals surface area contributed by atoms with Gasteiger partial charge in [0, 0.05) is 32.6 Å². The maximum atomic E-state index is 12.4. The van der Waals surface area contributed by atoms with Crippen LogP contribution in [-0.2, 0) is 11.3 Å². The maximum absolute atomic E-state index is 12.4. The van der Waals surface area contributed by atoms with E-state index >= 15 is 0 Å². The van der Waals surface area contributed by atoms with Crippen molar-refractivity contribution in [3.8, 4) is 0 Å². The predicted octanol–water partition coefficient (Wildman–Crippen LogP) is 3.28. The van der Waals surface area contributed by atoms with E-state index in [4.69, 9.17) is 4.42 Å². The number of hydrogen-bond acceptors (Lipinski definition) is 3.